The molecule has 0 spiro atoms. The summed E-state index contributed by atoms with van der Waals surface area (Å²) < 4.78 is 5.27. The van der Waals surface area contributed by atoms with Crippen molar-refractivity contribution in [3.05, 3.63) is 0 Å². The van der Waals surface area contributed by atoms with Crippen LogP contribution in [0, 0.1) is 11.8 Å². The van der Waals surface area contributed by atoms with Gasteiger partial charge in [0.15, 0.2) is 0 Å². The summed E-state index contributed by atoms with van der Waals surface area (Å²) in [5, 5.41) is 49.1. The molecule has 3 unspecified atom stereocenters. The van der Waals surface area contributed by atoms with Crippen LogP contribution in [-0.4, -0.2) is 199 Å². The Morgan fingerprint density at radius 2 is 0.976 bits per heavy atom. The number of nitrogens with one attached hydrogen (secondary N) is 11. The largest absolute Gasteiger partial charge is 0.463 e. The molecule has 13 atom stereocenters. The van der Waals surface area contributed by atoms with Crippen molar-refractivity contribution in [1.29, 1.82) is 0 Å². The number of amides is 11. The van der Waals surface area contributed by atoms with Crippen molar-refractivity contribution in [3.8, 4) is 0 Å². The van der Waals surface area contributed by atoms with Crippen molar-refractivity contribution in [2.24, 2.45) is 40.5 Å². The minimum atomic E-state index is -1.77. The normalized spacial score (nSPS) is 23.1. The van der Waals surface area contributed by atoms with E-state index in [0.717, 1.165) is 13.3 Å². The van der Waals surface area contributed by atoms with Gasteiger partial charge in [0.1, 0.15) is 60.4 Å². The summed E-state index contributed by atoms with van der Waals surface area (Å²) in [6.45, 7) is 11.8. The molecule has 0 aromatic rings. The first-order valence-electron chi connectivity index (χ1n) is 28.9. The minimum Gasteiger partial charge on any atom is -0.463 e. The molecule has 0 bridgehead atoms. The minimum absolute atomic E-state index is 0.0301. The van der Waals surface area contributed by atoms with Gasteiger partial charge in [-0.1, -0.05) is 41.0 Å². The van der Waals surface area contributed by atoms with Gasteiger partial charge < -0.3 is 102 Å². The van der Waals surface area contributed by atoms with Gasteiger partial charge >= 0.3 is 5.97 Å². The number of aliphatic hydroxyl groups excluding tert-OH is 2. The molecule has 31 heteroatoms. The van der Waals surface area contributed by atoms with E-state index in [1.165, 1.54) is 6.92 Å². The Labute approximate surface area is 491 Å². The van der Waals surface area contributed by atoms with Crippen LogP contribution in [0.15, 0.2) is 0 Å². The highest BCUT2D eigenvalue weighted by Crippen LogP contribution is 2.12. The molecule has 1 aliphatic heterocycles. The molecule has 1 aliphatic rings. The smallest absolute Gasteiger partial charge is 0.306 e. The lowest BCUT2D eigenvalue weighted by atomic mass is 9.99. The van der Waals surface area contributed by atoms with Crippen LogP contribution in [0.1, 0.15) is 132 Å². The third-order valence-corrected chi connectivity index (χ3v) is 13.2. The van der Waals surface area contributed by atoms with E-state index in [9.17, 15) is 67.7 Å². The van der Waals surface area contributed by atoms with Gasteiger partial charge in [0.2, 0.25) is 65.0 Å². The van der Waals surface area contributed by atoms with Crippen LogP contribution in [0.4, 0.5) is 0 Å². The van der Waals surface area contributed by atoms with E-state index < -0.39 is 157 Å². The zero-order valence-electron chi connectivity index (χ0n) is 50.0. The molecule has 0 saturated carbocycles. The highest BCUT2D eigenvalue weighted by atomic mass is 16.5. The fourth-order valence-electron chi connectivity index (χ4n) is 8.75. The summed E-state index contributed by atoms with van der Waals surface area (Å²) in [5.41, 5.74) is 29.2. The predicted octanol–water partition coefficient (Wildman–Crippen LogP) is -6.54. The van der Waals surface area contributed by atoms with Gasteiger partial charge in [0.05, 0.1) is 24.7 Å². The predicted molar refractivity (Wildman–Crippen MR) is 307 cm³/mol. The lowest BCUT2D eigenvalue weighted by Gasteiger charge is -2.29. The van der Waals surface area contributed by atoms with Crippen molar-refractivity contribution < 1.29 is 72.5 Å². The van der Waals surface area contributed by atoms with Crippen molar-refractivity contribution in [2.75, 3.05) is 39.3 Å². The first-order valence-corrected chi connectivity index (χ1v) is 28.9. The number of ether oxygens (including phenoxy) is 1. The summed E-state index contributed by atoms with van der Waals surface area (Å²) in [4.78, 5) is 165. The van der Waals surface area contributed by atoms with Gasteiger partial charge in [-0.05, 0) is 123 Å². The zero-order chi connectivity index (χ0) is 63.8. The Balaban J connectivity index is 3.80. The van der Waals surface area contributed by atoms with Crippen molar-refractivity contribution >= 4 is 70.9 Å². The quantitative estimate of drug-likeness (QED) is 0.0310. The molecule has 480 valence electrons. The molecule has 1 rings (SSSR count). The van der Waals surface area contributed by atoms with Gasteiger partial charge in [-0.25, -0.2) is 0 Å². The van der Waals surface area contributed by atoms with Crippen LogP contribution in [0.3, 0.4) is 0 Å². The molecule has 0 aromatic heterocycles. The third kappa shape index (κ3) is 27.8. The number of nitrogens with two attached hydrogens (primary N) is 5. The third-order valence-electron chi connectivity index (χ3n) is 13.2. The van der Waals surface area contributed by atoms with Crippen LogP contribution in [0.2, 0.25) is 0 Å². The molecular weight excluding hydrogens is 1100 g/mol. The van der Waals surface area contributed by atoms with E-state index in [2.05, 4.69) is 58.5 Å². The average Bonchev–Trinajstić information content (AvgIpc) is 3.53. The van der Waals surface area contributed by atoms with Crippen LogP contribution >= 0.6 is 0 Å². The van der Waals surface area contributed by atoms with Crippen molar-refractivity contribution in [2.45, 2.75) is 211 Å². The van der Waals surface area contributed by atoms with Gasteiger partial charge in [-0.15, -0.1) is 0 Å². The average molecular weight is 1200 g/mol. The Morgan fingerprint density at radius 3 is 1.40 bits per heavy atom. The maximum absolute atomic E-state index is 14.4. The maximum Gasteiger partial charge on any atom is 0.306 e. The summed E-state index contributed by atoms with van der Waals surface area (Å²) in [7, 11) is 0. The molecule has 1 fully saturated rings. The molecule has 11 amide bonds. The van der Waals surface area contributed by atoms with Crippen molar-refractivity contribution in [1.82, 2.24) is 58.5 Å². The van der Waals surface area contributed by atoms with Gasteiger partial charge in [0, 0.05) is 13.0 Å². The lowest BCUT2D eigenvalue weighted by Crippen LogP contribution is -2.62. The second-order valence-corrected chi connectivity index (χ2v) is 21.8. The highest BCUT2D eigenvalue weighted by molar-refractivity contribution is 5.99. The first-order chi connectivity index (χ1) is 39.6. The topological polar surface area (TPSA) is 517 Å². The van der Waals surface area contributed by atoms with Gasteiger partial charge in [0.25, 0.3) is 0 Å². The maximum atomic E-state index is 14.4. The number of carbonyl (C=O) groups excluding carboxylic acids is 12. The number of esters is 1. The summed E-state index contributed by atoms with van der Waals surface area (Å²) >= 11 is 0. The van der Waals surface area contributed by atoms with E-state index in [1.807, 2.05) is 6.92 Å². The Kier molecular flexibility index (Phi) is 35.7. The second-order valence-electron chi connectivity index (χ2n) is 21.8. The van der Waals surface area contributed by atoms with Crippen molar-refractivity contribution in [3.63, 3.8) is 0 Å². The van der Waals surface area contributed by atoms with E-state index in [1.54, 1.807) is 34.6 Å². The number of carbonyl (C=O) groups is 12. The lowest BCUT2D eigenvalue weighted by molar-refractivity contribution is -0.149. The molecule has 0 radical (unpaired) electrons. The standard InChI is InChI=1S/C53H98N16O15/c1-9-10-29(6)84-41(73)12-11-40(72)60-32(13-19-54)48(78)69-43(31(8)71)53(83)65-35(16-22-57)45(75)64-37-18-24-59-52(82)42(30(7)70)68-49(79)36(17-23-58)62-44(74)33(14-20-55)63-50(80)38(25-27(2)3)67-51(81)39(26-28(4)5)66-46(76)34(15-21-56)61-47(37)77/h27-39,42-43,70-71H,9-26,54-58H2,1-8H3,(H,59,82)(H,60,72)(H,61,77)(H,62,74)(H,63,80)(H,64,75)(H,65,83)(H,66,76)(H,67,81)(H,68,79)(H,69,78)/t29?,30?,31?,32-,33-,34-,35-,36-,37-,38-,39+,42-,43-/m0/s1. The first kappa shape index (κ1) is 75.4. The molecule has 23 N–H and O–H groups in total. The molecule has 0 aliphatic carbocycles. The van der Waals surface area contributed by atoms with Gasteiger partial charge in [-0.3, -0.25) is 57.5 Å². The monoisotopic (exact) mass is 1200 g/mol. The Morgan fingerprint density at radius 1 is 0.536 bits per heavy atom. The zero-order valence-corrected chi connectivity index (χ0v) is 50.0. The van der Waals surface area contributed by atoms with Crippen LogP contribution < -0.4 is 87.2 Å². The number of hydrogen-bond acceptors (Lipinski definition) is 20. The van der Waals surface area contributed by atoms with Crippen LogP contribution in [0.25, 0.3) is 0 Å². The van der Waals surface area contributed by atoms with E-state index >= 15 is 0 Å². The molecule has 1 heterocycles. The van der Waals surface area contributed by atoms with E-state index in [-0.39, 0.29) is 108 Å². The Bertz CT molecular complexity index is 2170. The van der Waals surface area contributed by atoms with Crippen LogP contribution in [0.5, 0.6) is 0 Å². The second kappa shape index (κ2) is 39.8. The summed E-state index contributed by atoms with van der Waals surface area (Å²) in [5.74, 6) is -11.3. The molecule has 31 nitrogen and oxygen atoms in total. The molecule has 84 heavy (non-hydrogen) atoms. The fraction of sp³-hybridized carbons (Fsp3) is 0.774. The molecule has 0 aromatic carbocycles. The number of rotatable bonds is 29. The SMILES string of the molecule is CCCC(C)OC(=O)CCC(=O)N[C@@H](CCN)C(=O)N[C@H](C(=O)N[C@@H](CCN)C(=O)N[C@H]1CCNC(=O)[C@H](C(C)O)NC(=O)[C@H](CCN)NC(=O)[C@H](CCN)NC(=O)[C@H](CC(C)C)NC(=O)[C@@H](CC(C)C)NC(=O)[C@H](CCN)NC1=O)C(C)O. The van der Waals surface area contributed by atoms with E-state index in [0.29, 0.717) is 6.42 Å². The number of aliphatic hydroxyl groups is 2. The fourth-order valence-corrected chi connectivity index (χ4v) is 8.75. The Hall–Kier alpha value is -6.64. The molecule has 1 saturated heterocycles. The van der Waals surface area contributed by atoms with E-state index in [4.69, 9.17) is 33.4 Å². The highest BCUT2D eigenvalue weighted by Gasteiger charge is 2.38. The van der Waals surface area contributed by atoms with Crippen LogP contribution in [-0.2, 0) is 62.3 Å². The summed E-state index contributed by atoms with van der Waals surface area (Å²) in [6, 6.07) is -14.9. The van der Waals surface area contributed by atoms with Gasteiger partial charge in [-0.2, -0.15) is 0 Å². The number of hydrogen-bond donors (Lipinski definition) is 18. The summed E-state index contributed by atoms with van der Waals surface area (Å²) in [6.07, 6.45) is -4.16. The molecular formula is C53H98N16O15.